The third-order valence-corrected chi connectivity index (χ3v) is 6.13. The normalized spacial score (nSPS) is 13.3. The summed E-state index contributed by atoms with van der Waals surface area (Å²) in [6.07, 6.45) is 21.3. The van der Waals surface area contributed by atoms with Crippen LogP contribution in [0.3, 0.4) is 0 Å². The van der Waals surface area contributed by atoms with Crippen molar-refractivity contribution in [3.8, 4) is 0 Å². The Bertz CT molecular complexity index is 372. The molecule has 0 bridgehead atoms. The molecule has 1 N–H and O–H groups in total. The van der Waals surface area contributed by atoms with Gasteiger partial charge >= 0.3 is 5.97 Å². The number of aliphatic hydroxyl groups is 1. The Morgan fingerprint density at radius 1 is 0.677 bits per heavy atom. The van der Waals surface area contributed by atoms with E-state index in [4.69, 9.17) is 9.47 Å². The van der Waals surface area contributed by atoms with Crippen molar-refractivity contribution in [1.29, 1.82) is 0 Å². The number of esters is 1. The molecule has 186 valence electrons. The van der Waals surface area contributed by atoms with Crippen LogP contribution in [0.15, 0.2) is 0 Å². The molecular formula is C27H54O4. The van der Waals surface area contributed by atoms with Crippen molar-refractivity contribution in [2.75, 3.05) is 19.8 Å². The zero-order chi connectivity index (χ0) is 23.0. The molecule has 2 atom stereocenters. The Kier molecular flexibility index (Phi) is 23.6. The van der Waals surface area contributed by atoms with E-state index in [1.165, 1.54) is 89.9 Å². The maximum atomic E-state index is 11.8. The Labute approximate surface area is 193 Å². The summed E-state index contributed by atoms with van der Waals surface area (Å²) in [6.45, 7) is 7.61. The van der Waals surface area contributed by atoms with E-state index < -0.39 is 6.10 Å². The highest BCUT2D eigenvalue weighted by Crippen LogP contribution is 2.14. The van der Waals surface area contributed by atoms with Crippen molar-refractivity contribution < 1.29 is 19.4 Å². The molecule has 0 spiro atoms. The lowest BCUT2D eigenvalue weighted by molar-refractivity contribution is -0.148. The number of ether oxygens (including phenoxy) is 2. The Morgan fingerprint density at radius 2 is 1.19 bits per heavy atom. The van der Waals surface area contributed by atoms with Crippen LogP contribution < -0.4 is 0 Å². The molecule has 0 aliphatic heterocycles. The SMILES string of the molecule is CCCCCCCCCCCCCCCC(=O)OC[C@@H](O)COC[C@@H](CC)CCCC. The lowest BCUT2D eigenvalue weighted by Gasteiger charge is -2.17. The third-order valence-electron chi connectivity index (χ3n) is 6.13. The van der Waals surface area contributed by atoms with Crippen molar-refractivity contribution in [2.45, 2.75) is 142 Å². The quantitative estimate of drug-likeness (QED) is 0.123. The van der Waals surface area contributed by atoms with Gasteiger partial charge in [0.25, 0.3) is 0 Å². The van der Waals surface area contributed by atoms with Gasteiger partial charge in [0.05, 0.1) is 6.61 Å². The van der Waals surface area contributed by atoms with Crippen molar-refractivity contribution in [2.24, 2.45) is 5.92 Å². The molecule has 0 aliphatic carbocycles. The second-order valence-corrected chi connectivity index (χ2v) is 9.28. The molecule has 31 heavy (non-hydrogen) atoms. The number of aliphatic hydroxyl groups excluding tert-OH is 1. The highest BCUT2D eigenvalue weighted by Gasteiger charge is 2.11. The molecule has 0 heterocycles. The van der Waals surface area contributed by atoms with E-state index in [-0.39, 0.29) is 19.2 Å². The highest BCUT2D eigenvalue weighted by molar-refractivity contribution is 5.69. The fraction of sp³-hybridized carbons (Fsp3) is 0.963. The number of hydrogen-bond acceptors (Lipinski definition) is 4. The van der Waals surface area contributed by atoms with Crippen LogP contribution in [-0.4, -0.2) is 37.0 Å². The fourth-order valence-electron chi connectivity index (χ4n) is 3.87. The molecule has 0 aliphatic rings. The van der Waals surface area contributed by atoms with Crippen molar-refractivity contribution in [1.82, 2.24) is 0 Å². The van der Waals surface area contributed by atoms with E-state index in [0.717, 1.165) is 19.3 Å². The van der Waals surface area contributed by atoms with Gasteiger partial charge in [-0.3, -0.25) is 4.79 Å². The van der Waals surface area contributed by atoms with Crippen LogP contribution in [-0.2, 0) is 14.3 Å². The summed E-state index contributed by atoms with van der Waals surface area (Å²) in [5, 5.41) is 9.94. The molecule has 0 aromatic rings. The fourth-order valence-corrected chi connectivity index (χ4v) is 3.87. The first kappa shape index (κ1) is 30.4. The number of hydrogen-bond donors (Lipinski definition) is 1. The molecule has 4 heteroatoms. The van der Waals surface area contributed by atoms with E-state index in [2.05, 4.69) is 20.8 Å². The van der Waals surface area contributed by atoms with Gasteiger partial charge in [0.1, 0.15) is 12.7 Å². The molecular weight excluding hydrogens is 388 g/mol. The summed E-state index contributed by atoms with van der Waals surface area (Å²) in [6, 6.07) is 0. The largest absolute Gasteiger partial charge is 0.463 e. The van der Waals surface area contributed by atoms with Gasteiger partial charge in [-0.1, -0.05) is 117 Å². The number of rotatable bonds is 24. The maximum Gasteiger partial charge on any atom is 0.305 e. The minimum absolute atomic E-state index is 0.0447. The summed E-state index contributed by atoms with van der Waals surface area (Å²) in [7, 11) is 0. The van der Waals surface area contributed by atoms with Crippen molar-refractivity contribution in [3.05, 3.63) is 0 Å². The second-order valence-electron chi connectivity index (χ2n) is 9.28. The predicted molar refractivity (Wildman–Crippen MR) is 131 cm³/mol. The molecule has 0 unspecified atom stereocenters. The van der Waals surface area contributed by atoms with Gasteiger partial charge in [0.15, 0.2) is 0 Å². The van der Waals surface area contributed by atoms with Gasteiger partial charge in [-0.2, -0.15) is 0 Å². The molecule has 0 saturated carbocycles. The summed E-state index contributed by atoms with van der Waals surface area (Å²) >= 11 is 0. The third kappa shape index (κ3) is 22.4. The molecule has 0 aromatic heterocycles. The van der Waals surface area contributed by atoms with Gasteiger partial charge in [0.2, 0.25) is 0 Å². The van der Waals surface area contributed by atoms with Gasteiger partial charge < -0.3 is 14.6 Å². The molecule has 0 saturated heterocycles. The van der Waals surface area contributed by atoms with Crippen molar-refractivity contribution >= 4 is 5.97 Å². The maximum absolute atomic E-state index is 11.8. The van der Waals surface area contributed by atoms with Crippen LogP contribution in [0.25, 0.3) is 0 Å². The van der Waals surface area contributed by atoms with Crippen molar-refractivity contribution in [3.63, 3.8) is 0 Å². The summed E-state index contributed by atoms with van der Waals surface area (Å²) in [5.41, 5.74) is 0. The van der Waals surface area contributed by atoms with Gasteiger partial charge in [-0.25, -0.2) is 0 Å². The van der Waals surface area contributed by atoms with E-state index in [1.807, 2.05) is 0 Å². The van der Waals surface area contributed by atoms with Crippen LogP contribution in [0.4, 0.5) is 0 Å². The summed E-state index contributed by atoms with van der Waals surface area (Å²) in [4.78, 5) is 11.8. The predicted octanol–water partition coefficient (Wildman–Crippen LogP) is 7.60. The zero-order valence-corrected chi connectivity index (χ0v) is 21.2. The highest BCUT2D eigenvalue weighted by atomic mass is 16.5. The van der Waals surface area contributed by atoms with Crippen LogP contribution in [0.1, 0.15) is 136 Å². The van der Waals surface area contributed by atoms with Gasteiger partial charge in [0, 0.05) is 13.0 Å². The monoisotopic (exact) mass is 442 g/mol. The van der Waals surface area contributed by atoms with E-state index in [1.54, 1.807) is 0 Å². The van der Waals surface area contributed by atoms with Crippen LogP contribution in [0, 0.1) is 5.92 Å². The number of carbonyl (C=O) groups excluding carboxylic acids is 1. The van der Waals surface area contributed by atoms with Crippen LogP contribution >= 0.6 is 0 Å². The lowest BCUT2D eigenvalue weighted by Crippen LogP contribution is -2.25. The average molecular weight is 443 g/mol. The molecule has 0 radical (unpaired) electrons. The minimum atomic E-state index is -0.723. The smallest absolute Gasteiger partial charge is 0.305 e. The Morgan fingerprint density at radius 3 is 1.71 bits per heavy atom. The lowest BCUT2D eigenvalue weighted by atomic mass is 10.0. The Balaban J connectivity index is 3.42. The van der Waals surface area contributed by atoms with Crippen LogP contribution in [0.5, 0.6) is 0 Å². The zero-order valence-electron chi connectivity index (χ0n) is 21.2. The number of unbranched alkanes of at least 4 members (excludes halogenated alkanes) is 13. The Hall–Kier alpha value is -0.610. The first-order chi connectivity index (χ1) is 15.1. The molecule has 0 rings (SSSR count). The first-order valence-corrected chi connectivity index (χ1v) is 13.5. The summed E-state index contributed by atoms with van der Waals surface area (Å²) in [5.74, 6) is 0.363. The molecule has 0 fully saturated rings. The van der Waals surface area contributed by atoms with E-state index >= 15 is 0 Å². The van der Waals surface area contributed by atoms with Gasteiger partial charge in [-0.05, 0) is 18.8 Å². The minimum Gasteiger partial charge on any atom is -0.463 e. The average Bonchev–Trinajstić information content (AvgIpc) is 2.77. The standard InChI is InChI=1S/C27H54O4/c1-4-7-9-10-11-12-13-14-15-16-17-18-19-21-27(29)31-24-26(28)23-30-22-25(6-3)20-8-5-2/h25-26,28H,4-24H2,1-3H3/t25-,26-/m0/s1. The van der Waals surface area contributed by atoms with Crippen LogP contribution in [0.2, 0.25) is 0 Å². The van der Waals surface area contributed by atoms with E-state index in [9.17, 15) is 9.90 Å². The van der Waals surface area contributed by atoms with Gasteiger partial charge in [-0.15, -0.1) is 0 Å². The molecule has 0 aromatic carbocycles. The number of carbonyl (C=O) groups is 1. The first-order valence-electron chi connectivity index (χ1n) is 13.5. The molecule has 4 nitrogen and oxygen atoms in total. The summed E-state index contributed by atoms with van der Waals surface area (Å²) < 4.78 is 10.8. The van der Waals surface area contributed by atoms with E-state index in [0.29, 0.717) is 18.9 Å². The topological polar surface area (TPSA) is 55.8 Å². The molecule has 0 amide bonds. The second kappa shape index (κ2) is 24.0.